The van der Waals surface area contributed by atoms with Gasteiger partial charge in [0.25, 0.3) is 0 Å². The van der Waals surface area contributed by atoms with E-state index in [4.69, 9.17) is 6.57 Å². The largest absolute Gasteiger partial charge is 0.312 e. The summed E-state index contributed by atoms with van der Waals surface area (Å²) in [5, 5.41) is 0. The summed E-state index contributed by atoms with van der Waals surface area (Å²) in [4.78, 5) is 6.14. The molecule has 0 amide bonds. The zero-order chi connectivity index (χ0) is 10.0. The first kappa shape index (κ1) is 10.5. The maximum absolute atomic E-state index is 7.06. The normalized spacial score (nSPS) is 29.9. The third-order valence-corrected chi connectivity index (χ3v) is 2.98. The molecule has 0 aromatic rings. The molecule has 0 aliphatic carbocycles. The van der Waals surface area contributed by atoms with Crippen molar-refractivity contribution in [1.82, 2.24) is 4.90 Å². The van der Waals surface area contributed by atoms with Gasteiger partial charge in [0.05, 0.1) is 6.54 Å². The van der Waals surface area contributed by atoms with Crippen LogP contribution in [0.5, 0.6) is 0 Å². The van der Waals surface area contributed by atoms with Gasteiger partial charge in [0.2, 0.25) is 6.04 Å². The van der Waals surface area contributed by atoms with Gasteiger partial charge in [-0.05, 0) is 19.8 Å². The maximum Gasteiger partial charge on any atom is 0.237 e. The Morgan fingerprint density at radius 1 is 1.31 bits per heavy atom. The first-order valence-corrected chi connectivity index (χ1v) is 5.18. The lowest BCUT2D eigenvalue weighted by Gasteiger charge is -2.29. The van der Waals surface area contributed by atoms with Crippen LogP contribution in [0.25, 0.3) is 4.85 Å². The third-order valence-electron chi connectivity index (χ3n) is 2.98. The highest BCUT2D eigenvalue weighted by atomic mass is 15.2. The van der Waals surface area contributed by atoms with E-state index in [2.05, 4.69) is 37.4 Å². The molecule has 2 nitrogen and oxygen atoms in total. The van der Waals surface area contributed by atoms with Crippen molar-refractivity contribution < 1.29 is 0 Å². The van der Waals surface area contributed by atoms with Crippen molar-refractivity contribution in [3.63, 3.8) is 0 Å². The van der Waals surface area contributed by atoms with Gasteiger partial charge in [-0.1, -0.05) is 13.8 Å². The molecule has 0 N–H and O–H groups in total. The van der Waals surface area contributed by atoms with E-state index in [-0.39, 0.29) is 6.04 Å². The summed E-state index contributed by atoms with van der Waals surface area (Å²) in [5.74, 6) is 0.675. The number of likely N-dealkylation sites (tertiary alicyclic amines) is 1. The Kier molecular flexibility index (Phi) is 3.33. The lowest BCUT2D eigenvalue weighted by molar-refractivity contribution is 0.165. The molecular formula is C11H20N2. The average Bonchev–Trinajstić information content (AvgIpc) is 2.47. The fourth-order valence-corrected chi connectivity index (χ4v) is 2.21. The molecule has 0 unspecified atom stereocenters. The van der Waals surface area contributed by atoms with E-state index in [1.54, 1.807) is 0 Å². The van der Waals surface area contributed by atoms with Crippen LogP contribution in [0.2, 0.25) is 0 Å². The van der Waals surface area contributed by atoms with Crippen LogP contribution >= 0.6 is 0 Å². The van der Waals surface area contributed by atoms with Crippen LogP contribution < -0.4 is 0 Å². The summed E-state index contributed by atoms with van der Waals surface area (Å²) >= 11 is 0. The molecule has 0 aromatic heterocycles. The molecule has 2 heteroatoms. The minimum absolute atomic E-state index is 0.245. The molecule has 0 aromatic carbocycles. The number of hydrogen-bond donors (Lipinski definition) is 0. The van der Waals surface area contributed by atoms with E-state index in [1.807, 2.05) is 0 Å². The molecule has 0 spiro atoms. The average molecular weight is 180 g/mol. The molecule has 0 bridgehead atoms. The van der Waals surface area contributed by atoms with Gasteiger partial charge < -0.3 is 4.85 Å². The minimum Gasteiger partial charge on any atom is -0.312 e. The molecule has 74 valence electrons. The van der Waals surface area contributed by atoms with E-state index in [0.717, 1.165) is 13.0 Å². The third kappa shape index (κ3) is 2.22. The Hall–Kier alpha value is -0.550. The van der Waals surface area contributed by atoms with E-state index in [0.29, 0.717) is 18.0 Å². The molecule has 13 heavy (non-hydrogen) atoms. The standard InChI is InChI=1S/C11H20N2/c1-8(2)11-6-10(12-5)7-13(11)9(3)4/h8-11H,6-7H2,1-4H3/t10-,11-/m0/s1. The van der Waals surface area contributed by atoms with Crippen LogP contribution in [0.1, 0.15) is 34.1 Å². The van der Waals surface area contributed by atoms with Crippen LogP contribution in [0.15, 0.2) is 0 Å². The Bertz CT molecular complexity index is 187. The molecule has 1 rings (SSSR count). The van der Waals surface area contributed by atoms with Crippen LogP contribution in [-0.4, -0.2) is 29.6 Å². The van der Waals surface area contributed by atoms with Crippen LogP contribution in [0.4, 0.5) is 0 Å². The molecule has 1 saturated heterocycles. The van der Waals surface area contributed by atoms with Crippen molar-refractivity contribution in [2.45, 2.75) is 52.2 Å². The number of nitrogens with zero attached hydrogens (tertiary/aromatic N) is 2. The summed E-state index contributed by atoms with van der Waals surface area (Å²) in [7, 11) is 0. The van der Waals surface area contributed by atoms with Crippen molar-refractivity contribution in [1.29, 1.82) is 0 Å². The van der Waals surface area contributed by atoms with E-state index in [9.17, 15) is 0 Å². The van der Waals surface area contributed by atoms with Gasteiger partial charge in [0.1, 0.15) is 0 Å². The fraction of sp³-hybridized carbons (Fsp3) is 0.909. The molecular weight excluding hydrogens is 160 g/mol. The van der Waals surface area contributed by atoms with Crippen molar-refractivity contribution >= 4 is 0 Å². The van der Waals surface area contributed by atoms with Crippen molar-refractivity contribution in [3.05, 3.63) is 11.4 Å². The predicted molar refractivity (Wildman–Crippen MR) is 55.5 cm³/mol. The van der Waals surface area contributed by atoms with Crippen LogP contribution in [0.3, 0.4) is 0 Å². The maximum atomic E-state index is 7.06. The highest BCUT2D eigenvalue weighted by Gasteiger charge is 2.38. The molecule has 2 atom stereocenters. The molecule has 1 aliphatic rings. The monoisotopic (exact) mass is 180 g/mol. The minimum atomic E-state index is 0.245. The van der Waals surface area contributed by atoms with Gasteiger partial charge in [-0.15, -0.1) is 0 Å². The Balaban J connectivity index is 2.66. The van der Waals surface area contributed by atoms with E-state index < -0.39 is 0 Å². The van der Waals surface area contributed by atoms with E-state index >= 15 is 0 Å². The van der Waals surface area contributed by atoms with Gasteiger partial charge in [0.15, 0.2) is 0 Å². The highest BCUT2D eigenvalue weighted by molar-refractivity contribution is 4.97. The number of hydrogen-bond acceptors (Lipinski definition) is 1. The van der Waals surface area contributed by atoms with Gasteiger partial charge in [-0.25, -0.2) is 6.57 Å². The second-order valence-electron chi connectivity index (χ2n) is 4.62. The summed E-state index contributed by atoms with van der Waals surface area (Å²) in [5.41, 5.74) is 0. The van der Waals surface area contributed by atoms with Crippen molar-refractivity contribution in [2.24, 2.45) is 5.92 Å². The molecule has 1 heterocycles. The van der Waals surface area contributed by atoms with Gasteiger partial charge >= 0.3 is 0 Å². The second kappa shape index (κ2) is 4.11. The predicted octanol–water partition coefficient (Wildman–Crippen LogP) is 2.41. The van der Waals surface area contributed by atoms with Crippen LogP contribution in [-0.2, 0) is 0 Å². The summed E-state index contributed by atoms with van der Waals surface area (Å²) in [6, 6.07) is 1.45. The van der Waals surface area contributed by atoms with Crippen molar-refractivity contribution in [2.75, 3.05) is 6.54 Å². The summed E-state index contributed by atoms with van der Waals surface area (Å²) in [6.45, 7) is 17.0. The zero-order valence-corrected chi connectivity index (χ0v) is 9.12. The van der Waals surface area contributed by atoms with E-state index in [1.165, 1.54) is 0 Å². The Labute approximate surface area is 81.7 Å². The zero-order valence-electron chi connectivity index (χ0n) is 9.12. The Morgan fingerprint density at radius 2 is 1.92 bits per heavy atom. The highest BCUT2D eigenvalue weighted by Crippen LogP contribution is 2.27. The SMILES string of the molecule is [C-]#[N+][C@H]1C[C@@H](C(C)C)N(C(C)C)C1. The van der Waals surface area contributed by atoms with Crippen LogP contribution in [0, 0.1) is 12.5 Å². The topological polar surface area (TPSA) is 7.60 Å². The van der Waals surface area contributed by atoms with Gasteiger partial charge in [-0.2, -0.15) is 0 Å². The lowest BCUT2D eigenvalue weighted by atomic mass is 10.0. The molecule has 1 fully saturated rings. The molecule has 0 saturated carbocycles. The first-order chi connectivity index (χ1) is 6.06. The number of rotatable bonds is 2. The Morgan fingerprint density at radius 3 is 2.23 bits per heavy atom. The second-order valence-corrected chi connectivity index (χ2v) is 4.62. The van der Waals surface area contributed by atoms with Gasteiger partial charge in [-0.3, -0.25) is 4.90 Å². The first-order valence-electron chi connectivity index (χ1n) is 5.18. The summed E-state index contributed by atoms with van der Waals surface area (Å²) < 4.78 is 0. The molecule has 0 radical (unpaired) electrons. The lowest BCUT2D eigenvalue weighted by Crippen LogP contribution is -2.38. The molecule has 1 aliphatic heterocycles. The summed E-state index contributed by atoms with van der Waals surface area (Å²) in [6.07, 6.45) is 1.07. The van der Waals surface area contributed by atoms with Crippen molar-refractivity contribution in [3.8, 4) is 0 Å². The van der Waals surface area contributed by atoms with Gasteiger partial charge in [0, 0.05) is 18.5 Å². The smallest absolute Gasteiger partial charge is 0.237 e. The quantitative estimate of drug-likeness (QED) is 0.592. The fourth-order valence-electron chi connectivity index (χ4n) is 2.21.